The van der Waals surface area contributed by atoms with Crippen molar-refractivity contribution in [3.63, 3.8) is 0 Å². The average molecular weight is 358 g/mol. The Kier molecular flexibility index (Phi) is 4.53. The summed E-state index contributed by atoms with van der Waals surface area (Å²) in [5.74, 6) is 0.928. The molecule has 1 N–H and O–H groups in total. The maximum atomic E-state index is 12.8. The predicted octanol–water partition coefficient (Wildman–Crippen LogP) is 4.31. The SMILES string of the molecule is O=C(N[C@@H]1CCCc2ccccc21)c1cc(Cl)c2c(c1)OCCCO2. The zero-order valence-electron chi connectivity index (χ0n) is 13.9. The van der Waals surface area contributed by atoms with Crippen LogP contribution in [0.3, 0.4) is 0 Å². The molecular formula is C20H20ClNO3. The number of rotatable bonds is 2. The number of carbonyl (C=O) groups excluding carboxylic acids is 1. The van der Waals surface area contributed by atoms with E-state index in [1.165, 1.54) is 11.1 Å². The van der Waals surface area contributed by atoms with Crippen molar-refractivity contribution in [3.8, 4) is 11.5 Å². The quantitative estimate of drug-likeness (QED) is 0.871. The number of hydrogen-bond acceptors (Lipinski definition) is 3. The highest BCUT2D eigenvalue weighted by atomic mass is 35.5. The van der Waals surface area contributed by atoms with Crippen molar-refractivity contribution in [1.82, 2.24) is 5.32 Å². The lowest BCUT2D eigenvalue weighted by Crippen LogP contribution is -2.31. The molecule has 25 heavy (non-hydrogen) atoms. The van der Waals surface area contributed by atoms with E-state index in [-0.39, 0.29) is 11.9 Å². The predicted molar refractivity (Wildman–Crippen MR) is 96.6 cm³/mol. The number of benzene rings is 2. The van der Waals surface area contributed by atoms with E-state index < -0.39 is 0 Å². The molecule has 2 aromatic carbocycles. The van der Waals surface area contributed by atoms with Crippen LogP contribution in [-0.2, 0) is 6.42 Å². The molecule has 0 unspecified atom stereocenters. The number of halogens is 1. The van der Waals surface area contributed by atoms with Crippen molar-refractivity contribution in [1.29, 1.82) is 0 Å². The first kappa shape index (κ1) is 16.3. The molecule has 1 aliphatic carbocycles. The monoisotopic (exact) mass is 357 g/mol. The van der Waals surface area contributed by atoms with Crippen LogP contribution in [0.2, 0.25) is 5.02 Å². The number of aryl methyl sites for hydroxylation is 1. The standard InChI is InChI=1S/C20H20ClNO3/c21-16-11-14(12-18-19(16)25-10-4-9-24-18)20(23)22-17-8-3-6-13-5-1-2-7-15(13)17/h1-2,5,7,11-12,17H,3-4,6,8-10H2,(H,22,23)/t17-/m1/s1. The van der Waals surface area contributed by atoms with Crippen molar-refractivity contribution in [2.75, 3.05) is 13.2 Å². The summed E-state index contributed by atoms with van der Waals surface area (Å²) in [6.45, 7) is 1.13. The Morgan fingerprint density at radius 3 is 2.88 bits per heavy atom. The first-order valence-corrected chi connectivity index (χ1v) is 9.08. The van der Waals surface area contributed by atoms with Gasteiger partial charge in [0, 0.05) is 12.0 Å². The summed E-state index contributed by atoms with van der Waals surface area (Å²) in [7, 11) is 0. The summed E-state index contributed by atoms with van der Waals surface area (Å²) in [5, 5.41) is 3.56. The Morgan fingerprint density at radius 2 is 1.96 bits per heavy atom. The highest BCUT2D eigenvalue weighted by Gasteiger charge is 2.24. The lowest BCUT2D eigenvalue weighted by Gasteiger charge is -2.26. The Labute approximate surface area is 152 Å². The van der Waals surface area contributed by atoms with Crippen molar-refractivity contribution in [2.24, 2.45) is 0 Å². The summed E-state index contributed by atoms with van der Waals surface area (Å²) in [6.07, 6.45) is 3.88. The normalized spacial score (nSPS) is 18.8. The summed E-state index contributed by atoms with van der Waals surface area (Å²) in [4.78, 5) is 12.8. The van der Waals surface area contributed by atoms with Crippen LogP contribution in [0.4, 0.5) is 0 Å². The van der Waals surface area contributed by atoms with Crippen LogP contribution in [0.5, 0.6) is 11.5 Å². The van der Waals surface area contributed by atoms with E-state index in [2.05, 4.69) is 17.4 Å². The van der Waals surface area contributed by atoms with Crippen molar-refractivity contribution in [3.05, 3.63) is 58.1 Å². The van der Waals surface area contributed by atoms with E-state index in [1.807, 2.05) is 12.1 Å². The topological polar surface area (TPSA) is 47.6 Å². The fourth-order valence-corrected chi connectivity index (χ4v) is 3.77. The molecule has 4 nitrogen and oxygen atoms in total. The Hall–Kier alpha value is -2.20. The van der Waals surface area contributed by atoms with Gasteiger partial charge in [-0.3, -0.25) is 4.79 Å². The molecule has 1 atom stereocenters. The van der Waals surface area contributed by atoms with Crippen molar-refractivity contribution < 1.29 is 14.3 Å². The second-order valence-electron chi connectivity index (χ2n) is 6.45. The van der Waals surface area contributed by atoms with Crippen molar-refractivity contribution in [2.45, 2.75) is 31.7 Å². The largest absolute Gasteiger partial charge is 0.489 e. The summed E-state index contributed by atoms with van der Waals surface area (Å²) in [5.41, 5.74) is 3.02. The molecule has 0 spiro atoms. The molecule has 130 valence electrons. The van der Waals surface area contributed by atoms with Gasteiger partial charge in [0.05, 0.1) is 24.3 Å². The van der Waals surface area contributed by atoms with Crippen LogP contribution >= 0.6 is 11.6 Å². The molecule has 4 rings (SSSR count). The van der Waals surface area contributed by atoms with Crippen LogP contribution in [0, 0.1) is 0 Å². The summed E-state index contributed by atoms with van der Waals surface area (Å²) >= 11 is 6.30. The molecule has 2 aliphatic rings. The molecule has 0 saturated carbocycles. The molecule has 2 aromatic rings. The number of hydrogen-bond donors (Lipinski definition) is 1. The average Bonchev–Trinajstić information content (AvgIpc) is 2.88. The number of nitrogens with one attached hydrogen (secondary N) is 1. The van der Waals surface area contributed by atoms with Gasteiger partial charge in [-0.1, -0.05) is 35.9 Å². The number of fused-ring (bicyclic) bond motifs is 2. The van der Waals surface area contributed by atoms with Gasteiger partial charge in [0.15, 0.2) is 11.5 Å². The van der Waals surface area contributed by atoms with Crippen LogP contribution in [-0.4, -0.2) is 19.1 Å². The molecule has 5 heteroatoms. The lowest BCUT2D eigenvalue weighted by molar-refractivity contribution is 0.0932. The van der Waals surface area contributed by atoms with Gasteiger partial charge in [-0.2, -0.15) is 0 Å². The lowest BCUT2D eigenvalue weighted by atomic mass is 9.87. The first-order valence-electron chi connectivity index (χ1n) is 8.70. The molecule has 0 radical (unpaired) electrons. The molecule has 0 saturated heterocycles. The zero-order chi connectivity index (χ0) is 17.2. The van der Waals surface area contributed by atoms with E-state index in [0.29, 0.717) is 35.3 Å². The Balaban J connectivity index is 1.58. The Morgan fingerprint density at radius 1 is 1.12 bits per heavy atom. The number of ether oxygens (including phenoxy) is 2. The fraction of sp³-hybridized carbons (Fsp3) is 0.350. The van der Waals surface area contributed by atoms with Gasteiger partial charge in [-0.05, 0) is 42.5 Å². The van der Waals surface area contributed by atoms with E-state index >= 15 is 0 Å². The van der Waals surface area contributed by atoms with Gasteiger partial charge in [0.1, 0.15) is 0 Å². The third-order valence-corrected chi connectivity index (χ3v) is 5.02. The zero-order valence-corrected chi connectivity index (χ0v) is 14.6. The maximum Gasteiger partial charge on any atom is 0.251 e. The minimum Gasteiger partial charge on any atom is -0.489 e. The van der Waals surface area contributed by atoms with E-state index in [9.17, 15) is 4.79 Å². The van der Waals surface area contributed by atoms with E-state index in [1.54, 1.807) is 12.1 Å². The highest BCUT2D eigenvalue weighted by molar-refractivity contribution is 6.32. The molecule has 1 amide bonds. The number of carbonyl (C=O) groups is 1. The minimum absolute atomic E-state index is 0.0344. The van der Waals surface area contributed by atoms with Gasteiger partial charge in [-0.25, -0.2) is 0 Å². The highest BCUT2D eigenvalue weighted by Crippen LogP contribution is 2.38. The van der Waals surface area contributed by atoms with E-state index in [0.717, 1.165) is 25.7 Å². The minimum atomic E-state index is -0.140. The van der Waals surface area contributed by atoms with Crippen LogP contribution < -0.4 is 14.8 Å². The third kappa shape index (κ3) is 3.31. The molecule has 1 aliphatic heterocycles. The second kappa shape index (κ2) is 6.96. The van der Waals surface area contributed by atoms with Crippen molar-refractivity contribution >= 4 is 17.5 Å². The van der Waals surface area contributed by atoms with Gasteiger partial charge in [0.2, 0.25) is 0 Å². The van der Waals surface area contributed by atoms with Gasteiger partial charge in [-0.15, -0.1) is 0 Å². The van der Waals surface area contributed by atoms with Crippen LogP contribution in [0.15, 0.2) is 36.4 Å². The maximum absolute atomic E-state index is 12.8. The fourth-order valence-electron chi connectivity index (χ4n) is 3.51. The summed E-state index contributed by atoms with van der Waals surface area (Å²) in [6, 6.07) is 11.7. The van der Waals surface area contributed by atoms with Gasteiger partial charge in [0.25, 0.3) is 5.91 Å². The van der Waals surface area contributed by atoms with Crippen LogP contribution in [0.1, 0.15) is 46.8 Å². The smallest absolute Gasteiger partial charge is 0.251 e. The summed E-state index contributed by atoms with van der Waals surface area (Å²) < 4.78 is 11.3. The van der Waals surface area contributed by atoms with Gasteiger partial charge >= 0.3 is 0 Å². The molecule has 1 heterocycles. The van der Waals surface area contributed by atoms with Crippen LogP contribution in [0.25, 0.3) is 0 Å². The Bertz CT molecular complexity index is 806. The third-order valence-electron chi connectivity index (χ3n) is 4.74. The first-order chi connectivity index (χ1) is 12.2. The second-order valence-corrected chi connectivity index (χ2v) is 6.86. The molecule has 0 fully saturated rings. The van der Waals surface area contributed by atoms with Gasteiger partial charge < -0.3 is 14.8 Å². The van der Waals surface area contributed by atoms with E-state index in [4.69, 9.17) is 21.1 Å². The molecular weight excluding hydrogens is 338 g/mol. The number of amides is 1. The molecule has 0 aromatic heterocycles. The molecule has 0 bridgehead atoms.